The van der Waals surface area contributed by atoms with Crippen LogP contribution in [0.3, 0.4) is 0 Å². The van der Waals surface area contributed by atoms with Crippen LogP contribution >= 0.6 is 0 Å². The van der Waals surface area contributed by atoms with E-state index in [4.69, 9.17) is 0 Å². The summed E-state index contributed by atoms with van der Waals surface area (Å²) in [6.07, 6.45) is -2.26. The average Bonchev–Trinajstić information content (AvgIpc) is 2.01. The monoisotopic (exact) mass is 193 g/mol. The van der Waals surface area contributed by atoms with Crippen molar-refractivity contribution in [2.45, 2.75) is 19.5 Å². The Kier molecular flexibility index (Phi) is 2.95. The van der Waals surface area contributed by atoms with Crippen molar-refractivity contribution in [1.29, 1.82) is 0 Å². The molecule has 0 radical (unpaired) electrons. The summed E-state index contributed by atoms with van der Waals surface area (Å²) in [6, 6.07) is 0. The van der Waals surface area contributed by atoms with E-state index in [1.807, 2.05) is 0 Å². The molecule has 74 valence electrons. The van der Waals surface area contributed by atoms with Gasteiger partial charge in [-0.2, -0.15) is 13.2 Å². The topological polar surface area (TPSA) is 21.6 Å². The van der Waals surface area contributed by atoms with Gasteiger partial charge in [0.25, 0.3) is 0 Å². The van der Waals surface area contributed by atoms with Crippen molar-refractivity contribution >= 4 is 6.21 Å². The molecule has 0 aliphatic carbocycles. The lowest BCUT2D eigenvalue weighted by molar-refractivity contribution is -0.163. The predicted molar refractivity (Wildman–Crippen MR) is 42.7 cm³/mol. The molecule has 0 saturated heterocycles. The van der Waals surface area contributed by atoms with Crippen LogP contribution in [-0.4, -0.2) is 25.5 Å². The second-order valence-corrected chi connectivity index (χ2v) is 2.83. The fraction of sp³-hybridized carbons (Fsp3) is 0.625. The Morgan fingerprint density at radius 1 is 1.54 bits per heavy atom. The van der Waals surface area contributed by atoms with E-state index in [9.17, 15) is 13.2 Å². The highest BCUT2D eigenvalue weighted by Crippen LogP contribution is 2.19. The zero-order valence-electron chi connectivity index (χ0n) is 7.19. The van der Waals surface area contributed by atoms with Gasteiger partial charge in [0.15, 0.2) is 6.61 Å². The summed E-state index contributed by atoms with van der Waals surface area (Å²) in [7, 11) is 0. The highest BCUT2D eigenvalue weighted by Gasteiger charge is 2.29. The van der Waals surface area contributed by atoms with E-state index in [1.54, 1.807) is 6.92 Å². The molecule has 0 atom stereocenters. The molecule has 1 aliphatic heterocycles. The molecular weight excluding hydrogens is 183 g/mol. The molecule has 0 fully saturated rings. The Morgan fingerprint density at radius 2 is 2.23 bits per heavy atom. The van der Waals surface area contributed by atoms with Crippen LogP contribution in [0, 0.1) is 0 Å². The van der Waals surface area contributed by atoms with Gasteiger partial charge in [0.05, 0.1) is 6.21 Å². The summed E-state index contributed by atoms with van der Waals surface area (Å²) in [5.41, 5.74) is 0.819. The van der Waals surface area contributed by atoms with Gasteiger partial charge in [-0.25, -0.2) is 0 Å². The molecule has 1 rings (SSSR count). The minimum Gasteiger partial charge on any atom is -0.483 e. The fourth-order valence-corrected chi connectivity index (χ4v) is 0.933. The number of halogens is 3. The van der Waals surface area contributed by atoms with Crippen LogP contribution in [0.25, 0.3) is 0 Å². The van der Waals surface area contributed by atoms with Gasteiger partial charge in [-0.15, -0.1) is 0 Å². The van der Waals surface area contributed by atoms with Crippen molar-refractivity contribution in [3.05, 3.63) is 11.3 Å². The molecular formula is C8H10F3NO. The average molecular weight is 193 g/mol. The Morgan fingerprint density at radius 3 is 2.77 bits per heavy atom. The van der Waals surface area contributed by atoms with Crippen LogP contribution in [0.4, 0.5) is 13.2 Å². The highest BCUT2D eigenvalue weighted by atomic mass is 19.4. The standard InChI is InChI=1S/C8H10F3NO/c1-6-2-3-12-4-7(6)13-5-8(9,10)11/h4H,2-3,5H2,1H3. The largest absolute Gasteiger partial charge is 0.483 e. The third kappa shape index (κ3) is 3.48. The van der Waals surface area contributed by atoms with Crippen molar-refractivity contribution in [3.63, 3.8) is 0 Å². The van der Waals surface area contributed by atoms with Crippen LogP contribution in [0.5, 0.6) is 0 Å². The first-order chi connectivity index (χ1) is 5.99. The van der Waals surface area contributed by atoms with Crippen molar-refractivity contribution < 1.29 is 17.9 Å². The normalized spacial score (nSPS) is 17.8. The number of rotatable bonds is 2. The summed E-state index contributed by atoms with van der Waals surface area (Å²) >= 11 is 0. The molecule has 0 N–H and O–H groups in total. The van der Waals surface area contributed by atoms with Gasteiger partial charge in [0, 0.05) is 6.54 Å². The minimum atomic E-state index is -4.28. The molecule has 0 aromatic rings. The van der Waals surface area contributed by atoms with E-state index >= 15 is 0 Å². The van der Waals surface area contributed by atoms with Gasteiger partial charge in [-0.1, -0.05) is 0 Å². The zero-order chi connectivity index (χ0) is 9.90. The van der Waals surface area contributed by atoms with E-state index in [1.165, 1.54) is 6.21 Å². The maximum Gasteiger partial charge on any atom is 0.422 e. The summed E-state index contributed by atoms with van der Waals surface area (Å²) in [6.45, 7) is 1.13. The Balaban J connectivity index is 2.49. The number of dihydropyridines is 1. The second-order valence-electron chi connectivity index (χ2n) is 2.83. The van der Waals surface area contributed by atoms with Gasteiger partial charge in [-0.05, 0) is 18.9 Å². The second kappa shape index (κ2) is 3.81. The molecule has 0 aromatic carbocycles. The smallest absolute Gasteiger partial charge is 0.422 e. The van der Waals surface area contributed by atoms with Crippen molar-refractivity contribution in [1.82, 2.24) is 0 Å². The third-order valence-corrected chi connectivity index (χ3v) is 1.64. The first kappa shape index (κ1) is 10.1. The van der Waals surface area contributed by atoms with Gasteiger partial charge < -0.3 is 4.74 Å². The van der Waals surface area contributed by atoms with Crippen LogP contribution in [-0.2, 0) is 4.74 Å². The van der Waals surface area contributed by atoms with E-state index < -0.39 is 12.8 Å². The Bertz CT molecular complexity index is 242. The maximum absolute atomic E-state index is 11.7. The lowest BCUT2D eigenvalue weighted by Crippen LogP contribution is -2.18. The SMILES string of the molecule is CC1=C(OCC(F)(F)F)C=NCC1. The Hall–Kier alpha value is -1.00. The molecule has 0 spiro atoms. The molecule has 0 bridgehead atoms. The van der Waals surface area contributed by atoms with Gasteiger partial charge in [0.2, 0.25) is 0 Å². The summed E-state index contributed by atoms with van der Waals surface area (Å²) in [5, 5.41) is 0. The molecule has 1 heterocycles. The molecule has 1 aliphatic rings. The number of hydrogen-bond donors (Lipinski definition) is 0. The summed E-state index contributed by atoms with van der Waals surface area (Å²) in [5.74, 6) is 0.253. The number of nitrogens with zero attached hydrogens (tertiary/aromatic N) is 1. The highest BCUT2D eigenvalue weighted by molar-refractivity contribution is 5.77. The van der Waals surface area contributed by atoms with Crippen molar-refractivity contribution in [3.8, 4) is 0 Å². The number of ether oxygens (including phenoxy) is 1. The molecule has 2 nitrogen and oxygen atoms in total. The summed E-state index contributed by atoms with van der Waals surface area (Å²) < 4.78 is 39.8. The van der Waals surface area contributed by atoms with Crippen LogP contribution in [0.2, 0.25) is 0 Å². The van der Waals surface area contributed by atoms with Crippen LogP contribution in [0.15, 0.2) is 16.3 Å². The third-order valence-electron chi connectivity index (χ3n) is 1.64. The minimum absolute atomic E-state index is 0.253. The van der Waals surface area contributed by atoms with E-state index in [-0.39, 0.29) is 5.76 Å². The first-order valence-electron chi connectivity index (χ1n) is 3.88. The van der Waals surface area contributed by atoms with E-state index in [0.717, 1.165) is 5.57 Å². The molecule has 0 unspecified atom stereocenters. The first-order valence-corrected chi connectivity index (χ1v) is 3.88. The quantitative estimate of drug-likeness (QED) is 0.659. The number of alkyl halides is 3. The van der Waals surface area contributed by atoms with Gasteiger partial charge in [0.1, 0.15) is 5.76 Å². The van der Waals surface area contributed by atoms with Crippen molar-refractivity contribution in [2.24, 2.45) is 4.99 Å². The number of aliphatic imine (C=N–C) groups is 1. The van der Waals surface area contributed by atoms with Gasteiger partial charge >= 0.3 is 6.18 Å². The van der Waals surface area contributed by atoms with Crippen molar-refractivity contribution in [2.75, 3.05) is 13.2 Å². The van der Waals surface area contributed by atoms with E-state index in [0.29, 0.717) is 13.0 Å². The van der Waals surface area contributed by atoms with Crippen LogP contribution in [0.1, 0.15) is 13.3 Å². The lowest BCUT2D eigenvalue weighted by atomic mass is 10.1. The van der Waals surface area contributed by atoms with Crippen LogP contribution < -0.4 is 0 Å². The number of hydrogen-bond acceptors (Lipinski definition) is 2. The van der Waals surface area contributed by atoms with E-state index in [2.05, 4.69) is 9.73 Å². The Labute approximate surface area is 74.1 Å². The predicted octanol–water partition coefficient (Wildman–Crippen LogP) is 2.31. The molecule has 0 amide bonds. The maximum atomic E-state index is 11.7. The lowest BCUT2D eigenvalue weighted by Gasteiger charge is -2.14. The molecule has 0 saturated carbocycles. The fourth-order valence-electron chi connectivity index (χ4n) is 0.933. The molecule has 5 heteroatoms. The number of allylic oxidation sites excluding steroid dienone is 1. The molecule has 13 heavy (non-hydrogen) atoms. The summed E-state index contributed by atoms with van der Waals surface area (Å²) in [4.78, 5) is 3.83. The zero-order valence-corrected chi connectivity index (χ0v) is 7.19. The van der Waals surface area contributed by atoms with Gasteiger partial charge in [-0.3, -0.25) is 4.99 Å². The molecule has 0 aromatic heterocycles.